The molecule has 4 heteroatoms. The van der Waals surface area contributed by atoms with Crippen molar-refractivity contribution in [2.75, 3.05) is 17.7 Å². The van der Waals surface area contributed by atoms with Gasteiger partial charge >= 0.3 is 0 Å². The molecule has 0 radical (unpaired) electrons. The zero-order chi connectivity index (χ0) is 12.4. The Labute approximate surface area is 102 Å². The van der Waals surface area contributed by atoms with Crippen LogP contribution in [0.3, 0.4) is 0 Å². The fourth-order valence-electron chi connectivity index (χ4n) is 1.88. The van der Waals surface area contributed by atoms with E-state index in [1.54, 1.807) is 0 Å². The number of aromatic nitrogens is 2. The van der Waals surface area contributed by atoms with Crippen molar-refractivity contribution in [2.24, 2.45) is 7.05 Å². The lowest BCUT2D eigenvalue weighted by molar-refractivity contribution is 0.694. The third-order valence-corrected chi connectivity index (χ3v) is 2.83. The summed E-state index contributed by atoms with van der Waals surface area (Å²) in [6, 6.07) is 9.99. The Balaban J connectivity index is 2.13. The van der Waals surface area contributed by atoms with Crippen LogP contribution in [-0.2, 0) is 13.6 Å². The van der Waals surface area contributed by atoms with Crippen LogP contribution in [0.1, 0.15) is 11.4 Å². The molecule has 1 heterocycles. The first-order chi connectivity index (χ1) is 8.06. The molecular formula is C13H18N4. The van der Waals surface area contributed by atoms with Crippen molar-refractivity contribution in [2.45, 2.75) is 13.5 Å². The second-order valence-corrected chi connectivity index (χ2v) is 4.35. The summed E-state index contributed by atoms with van der Waals surface area (Å²) in [5.41, 5.74) is 9.86. The van der Waals surface area contributed by atoms with Crippen molar-refractivity contribution < 1.29 is 0 Å². The van der Waals surface area contributed by atoms with Crippen molar-refractivity contribution in [3.8, 4) is 0 Å². The monoisotopic (exact) mass is 230 g/mol. The zero-order valence-electron chi connectivity index (χ0n) is 10.5. The molecule has 0 aliphatic heterocycles. The maximum absolute atomic E-state index is 5.67. The van der Waals surface area contributed by atoms with Gasteiger partial charge in [-0.15, -0.1) is 0 Å². The molecule has 0 saturated carbocycles. The van der Waals surface area contributed by atoms with Crippen LogP contribution in [0.25, 0.3) is 0 Å². The van der Waals surface area contributed by atoms with Gasteiger partial charge in [-0.1, -0.05) is 0 Å². The molecule has 17 heavy (non-hydrogen) atoms. The van der Waals surface area contributed by atoms with Crippen LogP contribution in [0.5, 0.6) is 0 Å². The van der Waals surface area contributed by atoms with Crippen LogP contribution >= 0.6 is 0 Å². The largest absolute Gasteiger partial charge is 0.399 e. The van der Waals surface area contributed by atoms with Gasteiger partial charge in [0.2, 0.25) is 0 Å². The summed E-state index contributed by atoms with van der Waals surface area (Å²) in [7, 11) is 4.03. The van der Waals surface area contributed by atoms with Crippen LogP contribution in [-0.4, -0.2) is 16.8 Å². The predicted octanol–water partition coefficient (Wildman–Crippen LogP) is 1.95. The van der Waals surface area contributed by atoms with Gasteiger partial charge in [-0.25, -0.2) is 0 Å². The summed E-state index contributed by atoms with van der Waals surface area (Å²) in [6.07, 6.45) is 0. The maximum Gasteiger partial charge on any atom is 0.0597 e. The number of aryl methyl sites for hydroxylation is 2. The van der Waals surface area contributed by atoms with E-state index < -0.39 is 0 Å². The minimum atomic E-state index is 0.790. The van der Waals surface area contributed by atoms with Crippen molar-refractivity contribution in [3.05, 3.63) is 41.7 Å². The van der Waals surface area contributed by atoms with Gasteiger partial charge < -0.3 is 10.6 Å². The van der Waals surface area contributed by atoms with Crippen LogP contribution < -0.4 is 10.6 Å². The molecule has 2 aromatic rings. The molecule has 0 unspecified atom stereocenters. The van der Waals surface area contributed by atoms with Gasteiger partial charge in [-0.2, -0.15) is 5.10 Å². The SMILES string of the molecule is Cc1cc(CN(C)c2ccc(N)cc2)n(C)n1. The average Bonchev–Trinajstić information content (AvgIpc) is 2.58. The summed E-state index contributed by atoms with van der Waals surface area (Å²) in [5, 5.41) is 4.34. The molecule has 2 N–H and O–H groups in total. The standard InChI is InChI=1S/C13H18N4/c1-10-8-13(17(3)15-10)9-16(2)12-6-4-11(14)5-7-12/h4-8H,9,14H2,1-3H3. The number of hydrogen-bond acceptors (Lipinski definition) is 3. The van der Waals surface area contributed by atoms with Gasteiger partial charge in [0.25, 0.3) is 0 Å². The molecule has 2 rings (SSSR count). The smallest absolute Gasteiger partial charge is 0.0597 e. The van der Waals surface area contributed by atoms with Crippen LogP contribution in [0.2, 0.25) is 0 Å². The number of rotatable bonds is 3. The molecule has 0 aliphatic carbocycles. The van der Waals surface area contributed by atoms with Crippen molar-refractivity contribution in [1.29, 1.82) is 0 Å². The Morgan fingerprint density at radius 2 is 1.94 bits per heavy atom. The topological polar surface area (TPSA) is 47.1 Å². The van der Waals surface area contributed by atoms with E-state index in [0.717, 1.165) is 23.6 Å². The summed E-state index contributed by atoms with van der Waals surface area (Å²) >= 11 is 0. The van der Waals surface area contributed by atoms with Gasteiger partial charge in [0.15, 0.2) is 0 Å². The lowest BCUT2D eigenvalue weighted by Crippen LogP contribution is -2.18. The third kappa shape index (κ3) is 2.58. The average molecular weight is 230 g/mol. The fraction of sp³-hybridized carbons (Fsp3) is 0.308. The Bertz CT molecular complexity index is 499. The van der Waals surface area contributed by atoms with Crippen LogP contribution in [0.4, 0.5) is 11.4 Å². The van der Waals surface area contributed by atoms with E-state index in [1.165, 1.54) is 5.69 Å². The maximum atomic E-state index is 5.67. The quantitative estimate of drug-likeness (QED) is 0.820. The molecule has 0 spiro atoms. The molecule has 0 bridgehead atoms. The first-order valence-electron chi connectivity index (χ1n) is 5.62. The van der Waals surface area contributed by atoms with E-state index >= 15 is 0 Å². The van der Waals surface area contributed by atoms with E-state index in [-0.39, 0.29) is 0 Å². The molecule has 0 aliphatic rings. The molecule has 4 nitrogen and oxygen atoms in total. The predicted molar refractivity (Wildman–Crippen MR) is 70.9 cm³/mol. The van der Waals surface area contributed by atoms with E-state index in [1.807, 2.05) is 42.9 Å². The Kier molecular flexibility index (Phi) is 3.04. The number of benzene rings is 1. The summed E-state index contributed by atoms with van der Waals surface area (Å²) in [5.74, 6) is 0. The van der Waals surface area contributed by atoms with Crippen LogP contribution in [0, 0.1) is 6.92 Å². The lowest BCUT2D eigenvalue weighted by Gasteiger charge is -2.19. The molecule has 0 saturated heterocycles. The molecule has 1 aromatic carbocycles. The second-order valence-electron chi connectivity index (χ2n) is 4.35. The van der Waals surface area contributed by atoms with Gasteiger partial charge in [0, 0.05) is 25.5 Å². The van der Waals surface area contributed by atoms with Crippen molar-refractivity contribution in [3.63, 3.8) is 0 Å². The highest BCUT2D eigenvalue weighted by Crippen LogP contribution is 2.17. The summed E-state index contributed by atoms with van der Waals surface area (Å²) in [6.45, 7) is 2.84. The van der Waals surface area contributed by atoms with E-state index in [2.05, 4.69) is 23.1 Å². The van der Waals surface area contributed by atoms with Crippen LogP contribution in [0.15, 0.2) is 30.3 Å². The molecule has 0 fully saturated rings. The summed E-state index contributed by atoms with van der Waals surface area (Å²) < 4.78 is 1.92. The van der Waals surface area contributed by atoms with Gasteiger partial charge in [0.05, 0.1) is 17.9 Å². The number of hydrogen-bond donors (Lipinski definition) is 1. The van der Waals surface area contributed by atoms with E-state index in [9.17, 15) is 0 Å². The number of nitrogens with zero attached hydrogens (tertiary/aromatic N) is 3. The molecule has 0 amide bonds. The Morgan fingerprint density at radius 3 is 2.47 bits per heavy atom. The molecular weight excluding hydrogens is 212 g/mol. The number of nitrogens with two attached hydrogens (primary N) is 1. The Hall–Kier alpha value is -1.97. The van der Waals surface area contributed by atoms with Crippen molar-refractivity contribution in [1.82, 2.24) is 9.78 Å². The first-order valence-corrected chi connectivity index (χ1v) is 5.62. The lowest BCUT2D eigenvalue weighted by atomic mass is 10.2. The first kappa shape index (κ1) is 11.5. The summed E-state index contributed by atoms with van der Waals surface area (Å²) in [4.78, 5) is 2.18. The van der Waals surface area contributed by atoms with Crippen molar-refractivity contribution >= 4 is 11.4 Å². The molecule has 90 valence electrons. The van der Waals surface area contributed by atoms with E-state index in [0.29, 0.717) is 0 Å². The normalized spacial score (nSPS) is 10.5. The molecule has 1 aromatic heterocycles. The minimum absolute atomic E-state index is 0.790. The van der Waals surface area contributed by atoms with Gasteiger partial charge in [-0.3, -0.25) is 4.68 Å². The highest BCUT2D eigenvalue weighted by Gasteiger charge is 2.06. The highest BCUT2D eigenvalue weighted by molar-refractivity contribution is 5.52. The fourth-order valence-corrected chi connectivity index (χ4v) is 1.88. The second kappa shape index (κ2) is 4.49. The number of anilines is 2. The molecule has 0 atom stereocenters. The van der Waals surface area contributed by atoms with Gasteiger partial charge in [0.1, 0.15) is 0 Å². The number of nitrogen functional groups attached to an aromatic ring is 1. The Morgan fingerprint density at radius 1 is 1.29 bits per heavy atom. The highest BCUT2D eigenvalue weighted by atomic mass is 15.3. The van der Waals surface area contributed by atoms with E-state index in [4.69, 9.17) is 5.73 Å². The van der Waals surface area contributed by atoms with Gasteiger partial charge in [-0.05, 0) is 37.3 Å². The third-order valence-electron chi connectivity index (χ3n) is 2.83. The minimum Gasteiger partial charge on any atom is -0.399 e. The zero-order valence-corrected chi connectivity index (χ0v) is 10.5.